The number of aromatic nitrogens is 1. The van der Waals surface area contributed by atoms with Crippen LogP contribution < -0.4 is 10.2 Å². The zero-order valence-corrected chi connectivity index (χ0v) is 16.6. The highest BCUT2D eigenvalue weighted by atomic mass is 16.5. The minimum Gasteiger partial charge on any atom is -0.466 e. The zero-order valence-electron chi connectivity index (χ0n) is 16.6. The van der Waals surface area contributed by atoms with Crippen LogP contribution in [0.2, 0.25) is 0 Å². The topological polar surface area (TPSA) is 91.5 Å². The van der Waals surface area contributed by atoms with Crippen LogP contribution in [0.3, 0.4) is 0 Å². The molecule has 0 radical (unpaired) electrons. The van der Waals surface area contributed by atoms with Crippen molar-refractivity contribution in [2.45, 2.75) is 19.4 Å². The monoisotopic (exact) mass is 405 g/mol. The summed E-state index contributed by atoms with van der Waals surface area (Å²) in [4.78, 5) is 43.0. The van der Waals surface area contributed by atoms with Crippen molar-refractivity contribution in [1.82, 2.24) is 10.3 Å². The molecule has 2 aromatic carbocycles. The number of nitrogens with zero attached hydrogens (tertiary/aromatic N) is 1. The van der Waals surface area contributed by atoms with Gasteiger partial charge >= 0.3 is 5.97 Å². The third-order valence-electron chi connectivity index (χ3n) is 5.31. The predicted octanol–water partition coefficient (Wildman–Crippen LogP) is 2.42. The maximum atomic E-state index is 13.1. The molecule has 0 aliphatic carbocycles. The van der Waals surface area contributed by atoms with E-state index in [0.717, 1.165) is 16.5 Å². The highest BCUT2D eigenvalue weighted by molar-refractivity contribution is 6.05. The van der Waals surface area contributed by atoms with Gasteiger partial charge in [0.1, 0.15) is 12.0 Å². The molecule has 1 saturated heterocycles. The van der Waals surface area contributed by atoms with Crippen molar-refractivity contribution in [2.75, 3.05) is 18.1 Å². The lowest BCUT2D eigenvalue weighted by Crippen LogP contribution is -2.46. The first-order valence-electron chi connectivity index (χ1n) is 9.96. The van der Waals surface area contributed by atoms with Gasteiger partial charge in [-0.3, -0.25) is 14.4 Å². The van der Waals surface area contributed by atoms with Crippen LogP contribution in [0.15, 0.2) is 60.8 Å². The molecule has 1 aliphatic rings. The first-order chi connectivity index (χ1) is 14.6. The molecule has 2 unspecified atom stereocenters. The Bertz CT molecular complexity index is 1080. The smallest absolute Gasteiger partial charge is 0.313 e. The number of amides is 2. The Morgan fingerprint density at radius 2 is 1.87 bits per heavy atom. The number of esters is 1. The van der Waals surface area contributed by atoms with Crippen molar-refractivity contribution in [3.05, 3.63) is 66.4 Å². The second-order valence-corrected chi connectivity index (χ2v) is 7.22. The standard InChI is InChI=1S/C23H23N3O4/c1-2-30-23(29)18-14-26(16-8-4-3-5-9-16)22(28)21(18)25-20(27)12-15-13-24-19-11-7-6-10-17(15)19/h3-11,13,18,21,24H,2,12,14H2,1H3,(H,25,27). The van der Waals surface area contributed by atoms with E-state index < -0.39 is 17.9 Å². The van der Waals surface area contributed by atoms with Crippen molar-refractivity contribution < 1.29 is 19.1 Å². The quantitative estimate of drug-likeness (QED) is 0.616. The van der Waals surface area contributed by atoms with Gasteiger partial charge in [-0.25, -0.2) is 0 Å². The highest BCUT2D eigenvalue weighted by Gasteiger charge is 2.46. The second kappa shape index (κ2) is 8.41. The van der Waals surface area contributed by atoms with Gasteiger partial charge in [-0.05, 0) is 30.7 Å². The molecule has 2 N–H and O–H groups in total. The van der Waals surface area contributed by atoms with Crippen LogP contribution in [0.1, 0.15) is 12.5 Å². The van der Waals surface area contributed by atoms with E-state index in [1.54, 1.807) is 25.3 Å². The summed E-state index contributed by atoms with van der Waals surface area (Å²) >= 11 is 0. The summed E-state index contributed by atoms with van der Waals surface area (Å²) in [6, 6.07) is 15.9. The van der Waals surface area contributed by atoms with E-state index in [1.165, 1.54) is 4.90 Å². The molecule has 3 aromatic rings. The number of para-hydroxylation sites is 2. The molecular weight excluding hydrogens is 382 g/mol. The lowest BCUT2D eigenvalue weighted by molar-refractivity contribution is -0.149. The van der Waals surface area contributed by atoms with E-state index in [4.69, 9.17) is 4.74 Å². The summed E-state index contributed by atoms with van der Waals surface area (Å²) in [5.41, 5.74) is 2.46. The van der Waals surface area contributed by atoms with Crippen LogP contribution in [0.4, 0.5) is 5.69 Å². The molecule has 30 heavy (non-hydrogen) atoms. The van der Waals surface area contributed by atoms with Crippen LogP contribution in [0.5, 0.6) is 0 Å². The maximum Gasteiger partial charge on any atom is 0.313 e. The Morgan fingerprint density at radius 3 is 2.63 bits per heavy atom. The second-order valence-electron chi connectivity index (χ2n) is 7.22. The fourth-order valence-electron chi connectivity index (χ4n) is 3.87. The largest absolute Gasteiger partial charge is 0.466 e. The van der Waals surface area contributed by atoms with Gasteiger partial charge < -0.3 is 19.9 Å². The van der Waals surface area contributed by atoms with Gasteiger partial charge in [-0.1, -0.05) is 36.4 Å². The molecule has 0 saturated carbocycles. The molecule has 2 amide bonds. The van der Waals surface area contributed by atoms with Gasteiger partial charge in [0.05, 0.1) is 13.0 Å². The number of ether oxygens (including phenoxy) is 1. The summed E-state index contributed by atoms with van der Waals surface area (Å²) in [6.45, 7) is 2.10. The first kappa shape index (κ1) is 19.7. The van der Waals surface area contributed by atoms with Crippen LogP contribution in [-0.4, -0.2) is 42.0 Å². The molecule has 0 bridgehead atoms. The van der Waals surface area contributed by atoms with E-state index in [1.807, 2.05) is 42.5 Å². The lowest BCUT2D eigenvalue weighted by Gasteiger charge is -2.17. The fraction of sp³-hybridized carbons (Fsp3) is 0.261. The minimum absolute atomic E-state index is 0.106. The molecule has 7 nitrogen and oxygen atoms in total. The van der Waals surface area contributed by atoms with Crippen molar-refractivity contribution in [3.8, 4) is 0 Å². The SMILES string of the molecule is CCOC(=O)C1CN(c2ccccc2)C(=O)C1NC(=O)Cc1c[nH]c2ccccc12. The Hall–Kier alpha value is -3.61. The van der Waals surface area contributed by atoms with E-state index in [9.17, 15) is 14.4 Å². The molecular formula is C23H23N3O4. The molecule has 154 valence electrons. The molecule has 4 rings (SSSR count). The Labute approximate surface area is 174 Å². The van der Waals surface area contributed by atoms with Gasteiger partial charge in [0.2, 0.25) is 5.91 Å². The zero-order chi connectivity index (χ0) is 21.1. The molecule has 1 aromatic heterocycles. The van der Waals surface area contributed by atoms with E-state index >= 15 is 0 Å². The Balaban J connectivity index is 1.54. The van der Waals surface area contributed by atoms with Gasteiger partial charge in [0.25, 0.3) is 5.91 Å². The number of carbonyl (C=O) groups is 3. The molecule has 7 heteroatoms. The van der Waals surface area contributed by atoms with Crippen molar-refractivity contribution in [1.29, 1.82) is 0 Å². The number of fused-ring (bicyclic) bond motifs is 1. The molecule has 1 fully saturated rings. The van der Waals surface area contributed by atoms with Gasteiger partial charge in [-0.15, -0.1) is 0 Å². The number of rotatable bonds is 6. The van der Waals surface area contributed by atoms with Crippen LogP contribution in [0.25, 0.3) is 10.9 Å². The predicted molar refractivity (Wildman–Crippen MR) is 113 cm³/mol. The van der Waals surface area contributed by atoms with E-state index in [2.05, 4.69) is 10.3 Å². The van der Waals surface area contributed by atoms with Crippen molar-refractivity contribution in [2.24, 2.45) is 5.92 Å². The van der Waals surface area contributed by atoms with Crippen LogP contribution >= 0.6 is 0 Å². The Morgan fingerprint density at radius 1 is 1.13 bits per heavy atom. The minimum atomic E-state index is -0.957. The highest BCUT2D eigenvalue weighted by Crippen LogP contribution is 2.27. The maximum absolute atomic E-state index is 13.1. The third-order valence-corrected chi connectivity index (χ3v) is 5.31. The van der Waals surface area contributed by atoms with Gasteiger partial charge in [0, 0.05) is 29.3 Å². The van der Waals surface area contributed by atoms with Crippen LogP contribution in [0, 0.1) is 5.92 Å². The summed E-state index contributed by atoms with van der Waals surface area (Å²) in [6.07, 6.45) is 1.90. The number of carbonyl (C=O) groups excluding carboxylic acids is 3. The molecule has 1 aliphatic heterocycles. The van der Waals surface area contributed by atoms with Gasteiger partial charge in [-0.2, -0.15) is 0 Å². The fourth-order valence-corrected chi connectivity index (χ4v) is 3.87. The van der Waals surface area contributed by atoms with E-state index in [0.29, 0.717) is 5.69 Å². The molecule has 0 spiro atoms. The Kier molecular flexibility index (Phi) is 5.52. The lowest BCUT2D eigenvalue weighted by atomic mass is 10.0. The molecule has 2 heterocycles. The van der Waals surface area contributed by atoms with Gasteiger partial charge in [0.15, 0.2) is 0 Å². The number of benzene rings is 2. The number of anilines is 1. The van der Waals surface area contributed by atoms with Crippen molar-refractivity contribution in [3.63, 3.8) is 0 Å². The number of nitrogens with one attached hydrogen (secondary N) is 2. The van der Waals surface area contributed by atoms with Crippen LogP contribution in [-0.2, 0) is 25.5 Å². The number of aromatic amines is 1. The average Bonchev–Trinajstić information content (AvgIpc) is 3.30. The third kappa shape index (κ3) is 3.78. The molecule has 2 atom stereocenters. The number of H-pyrrole nitrogens is 1. The summed E-state index contributed by atoms with van der Waals surface area (Å²) in [5, 5.41) is 3.73. The van der Waals surface area contributed by atoms with E-state index in [-0.39, 0.29) is 31.4 Å². The summed E-state index contributed by atoms with van der Waals surface area (Å²) < 4.78 is 5.16. The number of hydrogen-bond acceptors (Lipinski definition) is 4. The van der Waals surface area contributed by atoms with Crippen molar-refractivity contribution >= 4 is 34.4 Å². The average molecular weight is 405 g/mol. The summed E-state index contributed by atoms with van der Waals surface area (Å²) in [7, 11) is 0. The number of hydrogen-bond donors (Lipinski definition) is 2. The summed E-state index contributed by atoms with van der Waals surface area (Å²) in [5.74, 6) is -1.87. The normalized spacial score (nSPS) is 18.6. The first-order valence-corrected chi connectivity index (χ1v) is 9.96.